The number of methoxy groups -OCH3 is 2. The molecule has 1 saturated carbocycles. The summed E-state index contributed by atoms with van der Waals surface area (Å²) in [5.41, 5.74) is 1.24. The van der Waals surface area contributed by atoms with Crippen LogP contribution in [0, 0.1) is 0 Å². The lowest BCUT2D eigenvalue weighted by Gasteiger charge is -2.18. The van der Waals surface area contributed by atoms with Crippen LogP contribution in [0.15, 0.2) is 18.2 Å². The zero-order valence-electron chi connectivity index (χ0n) is 13.0. The van der Waals surface area contributed by atoms with E-state index >= 15 is 0 Å². The van der Waals surface area contributed by atoms with E-state index in [4.69, 9.17) is 9.47 Å². The standard InChI is InChI=1S/C16H24N2O3/c1-4-9-17-15(19)18-11-16(7-8-16)12-5-6-13(20-2)14(10-12)21-3/h5-6,10H,4,7-9,11H2,1-3H3,(H2,17,18,19). The van der Waals surface area contributed by atoms with E-state index in [1.54, 1.807) is 14.2 Å². The molecule has 0 radical (unpaired) electrons. The fourth-order valence-electron chi connectivity index (χ4n) is 2.44. The van der Waals surface area contributed by atoms with Gasteiger partial charge in [0.15, 0.2) is 11.5 Å². The van der Waals surface area contributed by atoms with Crippen LogP contribution >= 0.6 is 0 Å². The van der Waals surface area contributed by atoms with Crippen molar-refractivity contribution in [3.63, 3.8) is 0 Å². The number of hydrogen-bond acceptors (Lipinski definition) is 3. The largest absolute Gasteiger partial charge is 0.493 e. The van der Waals surface area contributed by atoms with Crippen LogP contribution in [0.1, 0.15) is 31.7 Å². The van der Waals surface area contributed by atoms with Crippen LogP contribution in [-0.2, 0) is 5.41 Å². The summed E-state index contributed by atoms with van der Waals surface area (Å²) in [6.45, 7) is 3.39. The second-order valence-electron chi connectivity index (χ2n) is 5.46. The molecule has 1 fully saturated rings. The highest BCUT2D eigenvalue weighted by Gasteiger charge is 2.44. The second-order valence-corrected chi connectivity index (χ2v) is 5.46. The first-order valence-corrected chi connectivity index (χ1v) is 7.39. The van der Waals surface area contributed by atoms with E-state index in [0.717, 1.165) is 30.8 Å². The van der Waals surface area contributed by atoms with Crippen LogP contribution in [0.4, 0.5) is 4.79 Å². The normalized spacial score (nSPS) is 15.2. The van der Waals surface area contributed by atoms with Crippen molar-refractivity contribution in [1.29, 1.82) is 0 Å². The number of ether oxygens (including phenoxy) is 2. The molecule has 0 heterocycles. The van der Waals surface area contributed by atoms with Gasteiger partial charge in [0.2, 0.25) is 0 Å². The molecule has 5 heteroatoms. The van der Waals surface area contributed by atoms with Crippen LogP contribution in [-0.4, -0.2) is 33.3 Å². The van der Waals surface area contributed by atoms with Gasteiger partial charge in [0.1, 0.15) is 0 Å². The number of carbonyl (C=O) groups excluding carboxylic acids is 1. The number of urea groups is 1. The van der Waals surface area contributed by atoms with Gasteiger partial charge in [-0.3, -0.25) is 0 Å². The van der Waals surface area contributed by atoms with Crippen molar-refractivity contribution in [2.45, 2.75) is 31.6 Å². The van der Waals surface area contributed by atoms with Gasteiger partial charge in [-0.25, -0.2) is 4.79 Å². The minimum Gasteiger partial charge on any atom is -0.493 e. The third kappa shape index (κ3) is 3.60. The van der Waals surface area contributed by atoms with Gasteiger partial charge in [0.05, 0.1) is 14.2 Å². The Bertz CT molecular complexity index is 498. The third-order valence-electron chi connectivity index (χ3n) is 3.97. The Balaban J connectivity index is 2.01. The predicted molar refractivity (Wildman–Crippen MR) is 82.2 cm³/mol. The Hall–Kier alpha value is -1.91. The van der Waals surface area contributed by atoms with Gasteiger partial charge in [0, 0.05) is 18.5 Å². The lowest BCUT2D eigenvalue weighted by molar-refractivity contribution is 0.240. The van der Waals surface area contributed by atoms with Crippen LogP contribution in [0.5, 0.6) is 11.5 Å². The molecule has 0 saturated heterocycles. The number of amides is 2. The first-order valence-electron chi connectivity index (χ1n) is 7.39. The van der Waals surface area contributed by atoms with Gasteiger partial charge in [-0.1, -0.05) is 13.0 Å². The number of benzene rings is 1. The predicted octanol–water partition coefficient (Wildman–Crippen LogP) is 2.44. The minimum atomic E-state index is -0.0939. The highest BCUT2D eigenvalue weighted by Crippen LogP contribution is 2.49. The van der Waals surface area contributed by atoms with Crippen molar-refractivity contribution < 1.29 is 14.3 Å². The van der Waals surface area contributed by atoms with Crippen molar-refractivity contribution in [1.82, 2.24) is 10.6 Å². The van der Waals surface area contributed by atoms with Crippen LogP contribution < -0.4 is 20.1 Å². The molecule has 0 aromatic heterocycles. The average molecular weight is 292 g/mol. The van der Waals surface area contributed by atoms with E-state index in [-0.39, 0.29) is 11.4 Å². The Labute approximate surface area is 126 Å². The van der Waals surface area contributed by atoms with Gasteiger partial charge in [-0.15, -0.1) is 0 Å². The summed E-state index contributed by atoms with van der Waals surface area (Å²) in [5, 5.41) is 5.79. The summed E-state index contributed by atoms with van der Waals surface area (Å²) < 4.78 is 10.6. The SMILES string of the molecule is CCCNC(=O)NCC1(c2ccc(OC)c(OC)c2)CC1. The lowest BCUT2D eigenvalue weighted by atomic mass is 9.95. The van der Waals surface area contributed by atoms with Crippen molar-refractivity contribution in [3.8, 4) is 11.5 Å². The minimum absolute atomic E-state index is 0.0447. The maximum Gasteiger partial charge on any atom is 0.314 e. The van der Waals surface area contributed by atoms with Crippen LogP contribution in [0.3, 0.4) is 0 Å². The van der Waals surface area contributed by atoms with Crippen molar-refractivity contribution in [2.75, 3.05) is 27.3 Å². The molecule has 0 aliphatic heterocycles. The van der Waals surface area contributed by atoms with Gasteiger partial charge in [0.25, 0.3) is 0 Å². The lowest BCUT2D eigenvalue weighted by Crippen LogP contribution is -2.40. The van der Waals surface area contributed by atoms with E-state index in [2.05, 4.69) is 16.7 Å². The first kappa shape index (κ1) is 15.5. The molecule has 1 aliphatic carbocycles. The molecular formula is C16H24N2O3. The Morgan fingerprint density at radius 3 is 2.48 bits per heavy atom. The molecule has 0 spiro atoms. The van der Waals surface area contributed by atoms with Crippen LogP contribution in [0.2, 0.25) is 0 Å². The summed E-state index contributed by atoms with van der Waals surface area (Å²) in [7, 11) is 3.27. The summed E-state index contributed by atoms with van der Waals surface area (Å²) in [6, 6.07) is 5.90. The molecule has 2 N–H and O–H groups in total. The zero-order valence-corrected chi connectivity index (χ0v) is 13.0. The molecule has 2 rings (SSSR count). The molecule has 1 aromatic carbocycles. The van der Waals surface area contributed by atoms with Gasteiger partial charge in [-0.05, 0) is 37.0 Å². The highest BCUT2D eigenvalue weighted by atomic mass is 16.5. The summed E-state index contributed by atoms with van der Waals surface area (Å²) >= 11 is 0. The number of hydrogen-bond donors (Lipinski definition) is 2. The fourth-order valence-corrected chi connectivity index (χ4v) is 2.44. The van der Waals surface area contributed by atoms with Gasteiger partial charge >= 0.3 is 6.03 Å². The average Bonchev–Trinajstić information content (AvgIpc) is 3.31. The molecule has 21 heavy (non-hydrogen) atoms. The number of nitrogens with one attached hydrogen (secondary N) is 2. The van der Waals surface area contributed by atoms with Gasteiger partial charge < -0.3 is 20.1 Å². The topological polar surface area (TPSA) is 59.6 Å². The molecule has 0 bridgehead atoms. The smallest absolute Gasteiger partial charge is 0.314 e. The quantitative estimate of drug-likeness (QED) is 0.811. The van der Waals surface area contributed by atoms with Crippen molar-refractivity contribution in [3.05, 3.63) is 23.8 Å². The number of rotatable bonds is 7. The van der Waals surface area contributed by atoms with Crippen molar-refractivity contribution in [2.24, 2.45) is 0 Å². The molecule has 1 aliphatic rings. The summed E-state index contributed by atoms with van der Waals surface area (Å²) in [6.07, 6.45) is 3.10. The Morgan fingerprint density at radius 2 is 1.90 bits per heavy atom. The fraction of sp³-hybridized carbons (Fsp3) is 0.562. The Kier molecular flexibility index (Phi) is 4.94. The maximum atomic E-state index is 11.7. The van der Waals surface area contributed by atoms with E-state index in [0.29, 0.717) is 13.1 Å². The third-order valence-corrected chi connectivity index (χ3v) is 3.97. The summed E-state index contributed by atoms with van der Waals surface area (Å²) in [5.74, 6) is 1.46. The molecule has 0 unspecified atom stereocenters. The highest BCUT2D eigenvalue weighted by molar-refractivity contribution is 5.74. The monoisotopic (exact) mass is 292 g/mol. The first-order chi connectivity index (χ1) is 10.1. The van der Waals surface area contributed by atoms with Crippen molar-refractivity contribution >= 4 is 6.03 Å². The van der Waals surface area contributed by atoms with E-state index in [1.807, 2.05) is 19.1 Å². The Morgan fingerprint density at radius 1 is 1.19 bits per heavy atom. The number of carbonyl (C=O) groups is 1. The van der Waals surface area contributed by atoms with E-state index < -0.39 is 0 Å². The molecule has 5 nitrogen and oxygen atoms in total. The van der Waals surface area contributed by atoms with E-state index in [9.17, 15) is 4.79 Å². The molecule has 116 valence electrons. The molecule has 1 aromatic rings. The maximum absolute atomic E-state index is 11.7. The summed E-state index contributed by atoms with van der Waals surface area (Å²) in [4.78, 5) is 11.7. The molecular weight excluding hydrogens is 268 g/mol. The van der Waals surface area contributed by atoms with E-state index in [1.165, 1.54) is 5.56 Å². The second kappa shape index (κ2) is 6.70. The zero-order chi connectivity index (χ0) is 15.3. The van der Waals surface area contributed by atoms with Gasteiger partial charge in [-0.2, -0.15) is 0 Å². The molecule has 2 amide bonds. The molecule has 0 atom stereocenters. The van der Waals surface area contributed by atoms with Crippen LogP contribution in [0.25, 0.3) is 0 Å².